The Balaban J connectivity index is 1.27. The molecule has 2 aromatic carbocycles. The summed E-state index contributed by atoms with van der Waals surface area (Å²) >= 11 is 0. The second kappa shape index (κ2) is 9.98. The van der Waals surface area contributed by atoms with Crippen molar-refractivity contribution in [2.75, 3.05) is 36.9 Å². The van der Waals surface area contributed by atoms with Crippen LogP contribution < -0.4 is 10.6 Å². The van der Waals surface area contributed by atoms with E-state index in [-0.39, 0.29) is 17.9 Å². The van der Waals surface area contributed by atoms with Gasteiger partial charge in [-0.15, -0.1) is 0 Å². The maximum Gasteiger partial charge on any atom is 0.248 e. The van der Waals surface area contributed by atoms with Crippen LogP contribution in [0.2, 0.25) is 0 Å². The lowest BCUT2D eigenvalue weighted by Gasteiger charge is -2.37. The van der Waals surface area contributed by atoms with Crippen molar-refractivity contribution >= 4 is 17.3 Å². The SMILES string of the molecule is N#Cc1cc(NC(O)C2CCOC2)ccc1C1CCN(C2C=CC(=O)Nc3ccccc32)CC1. The highest BCUT2D eigenvalue weighted by Gasteiger charge is 2.29. The van der Waals surface area contributed by atoms with E-state index < -0.39 is 6.23 Å². The predicted octanol–water partition coefficient (Wildman–Crippen LogP) is 3.75. The number of amides is 1. The fourth-order valence-electron chi connectivity index (χ4n) is 5.32. The number of fused-ring (bicyclic) bond motifs is 1. The number of likely N-dealkylation sites (tertiary alicyclic amines) is 1. The van der Waals surface area contributed by atoms with E-state index in [1.54, 1.807) is 6.08 Å². The fourth-order valence-corrected chi connectivity index (χ4v) is 5.32. The first kappa shape index (κ1) is 22.6. The number of nitriles is 1. The third kappa shape index (κ3) is 4.71. The lowest BCUT2D eigenvalue weighted by molar-refractivity contribution is -0.111. The molecule has 0 saturated carbocycles. The van der Waals surface area contributed by atoms with Gasteiger partial charge >= 0.3 is 0 Å². The first-order valence-corrected chi connectivity index (χ1v) is 12.0. The summed E-state index contributed by atoms with van der Waals surface area (Å²) in [4.78, 5) is 14.5. The van der Waals surface area contributed by atoms with Crippen LogP contribution in [0.1, 0.15) is 47.9 Å². The van der Waals surface area contributed by atoms with E-state index in [2.05, 4.69) is 27.7 Å². The lowest BCUT2D eigenvalue weighted by atomic mass is 9.85. The molecule has 0 spiro atoms. The van der Waals surface area contributed by atoms with Crippen LogP contribution in [0.25, 0.3) is 0 Å². The van der Waals surface area contributed by atoms with Gasteiger partial charge in [0.1, 0.15) is 6.23 Å². The minimum atomic E-state index is -0.681. The van der Waals surface area contributed by atoms with Crippen LogP contribution in [-0.2, 0) is 9.53 Å². The van der Waals surface area contributed by atoms with E-state index in [9.17, 15) is 15.2 Å². The number of nitrogens with one attached hydrogen (secondary N) is 2. The van der Waals surface area contributed by atoms with Crippen LogP contribution in [-0.4, -0.2) is 48.4 Å². The van der Waals surface area contributed by atoms with Crippen LogP contribution in [0, 0.1) is 17.2 Å². The topological polar surface area (TPSA) is 97.6 Å². The van der Waals surface area contributed by atoms with Crippen molar-refractivity contribution in [1.82, 2.24) is 4.90 Å². The minimum absolute atomic E-state index is 0.0548. The number of para-hydroxylation sites is 1. The zero-order valence-corrected chi connectivity index (χ0v) is 19.1. The van der Waals surface area contributed by atoms with Crippen molar-refractivity contribution in [2.24, 2.45) is 5.92 Å². The number of benzene rings is 2. The molecule has 34 heavy (non-hydrogen) atoms. The number of ether oxygens (including phenoxy) is 1. The second-order valence-corrected chi connectivity index (χ2v) is 9.32. The highest BCUT2D eigenvalue weighted by Crippen LogP contribution is 2.37. The molecule has 0 aliphatic carbocycles. The molecule has 0 aromatic heterocycles. The number of nitrogens with zero attached hydrogens (tertiary/aromatic N) is 2. The molecule has 5 rings (SSSR count). The summed E-state index contributed by atoms with van der Waals surface area (Å²) in [6.45, 7) is 3.00. The summed E-state index contributed by atoms with van der Waals surface area (Å²) in [7, 11) is 0. The number of anilines is 2. The number of hydrogen-bond acceptors (Lipinski definition) is 6. The maximum atomic E-state index is 12.1. The first-order valence-electron chi connectivity index (χ1n) is 12.0. The van der Waals surface area contributed by atoms with Crippen molar-refractivity contribution < 1.29 is 14.6 Å². The third-order valence-corrected chi connectivity index (χ3v) is 7.23. The fraction of sp³-hybridized carbons (Fsp3) is 0.407. The molecule has 3 atom stereocenters. The van der Waals surface area contributed by atoms with Crippen LogP contribution >= 0.6 is 0 Å². The molecule has 2 fully saturated rings. The van der Waals surface area contributed by atoms with E-state index in [1.807, 2.05) is 42.5 Å². The summed E-state index contributed by atoms with van der Waals surface area (Å²) in [6, 6.07) is 16.2. The van der Waals surface area contributed by atoms with E-state index in [0.29, 0.717) is 24.7 Å². The van der Waals surface area contributed by atoms with Gasteiger partial charge in [0.25, 0.3) is 0 Å². The molecule has 3 aliphatic heterocycles. The number of hydrogen-bond donors (Lipinski definition) is 3. The van der Waals surface area contributed by atoms with Gasteiger partial charge in [-0.1, -0.05) is 30.3 Å². The summed E-state index contributed by atoms with van der Waals surface area (Å²) in [6.07, 6.45) is 5.65. The molecule has 3 aliphatic rings. The van der Waals surface area contributed by atoms with Gasteiger partial charge in [0.05, 0.1) is 24.3 Å². The zero-order valence-electron chi connectivity index (χ0n) is 19.1. The van der Waals surface area contributed by atoms with Gasteiger partial charge in [0, 0.05) is 30.0 Å². The summed E-state index contributed by atoms with van der Waals surface area (Å²) in [5.41, 5.74) is 4.47. The van der Waals surface area contributed by atoms with Crippen molar-refractivity contribution in [3.8, 4) is 6.07 Å². The van der Waals surface area contributed by atoms with Crippen molar-refractivity contribution in [2.45, 2.75) is 37.5 Å². The van der Waals surface area contributed by atoms with E-state index in [4.69, 9.17) is 4.74 Å². The maximum absolute atomic E-state index is 12.1. The summed E-state index contributed by atoms with van der Waals surface area (Å²) in [5.74, 6) is 0.281. The van der Waals surface area contributed by atoms with Gasteiger partial charge in [-0.25, -0.2) is 0 Å². The number of carbonyl (C=O) groups is 1. The van der Waals surface area contributed by atoms with Gasteiger partial charge in [-0.2, -0.15) is 5.26 Å². The van der Waals surface area contributed by atoms with Crippen LogP contribution in [0.3, 0.4) is 0 Å². The number of carbonyl (C=O) groups excluding carboxylic acids is 1. The standard InChI is InChI=1S/C27H30N4O3/c28-16-20-15-21(29-27(33)19-11-14-34-17-19)5-6-22(20)18-9-12-31(13-10-18)25-7-8-26(32)30-24-4-2-1-3-23(24)25/h1-8,15,18-19,25,27,29,33H,9-14,17H2,(H,30,32). The molecule has 7 heteroatoms. The van der Waals surface area contributed by atoms with E-state index >= 15 is 0 Å². The molecule has 1 amide bonds. The average Bonchev–Trinajstić information content (AvgIpc) is 3.35. The van der Waals surface area contributed by atoms with Gasteiger partial charge in [-0.05, 0) is 67.6 Å². The molecule has 3 heterocycles. The van der Waals surface area contributed by atoms with E-state index in [0.717, 1.165) is 54.9 Å². The zero-order chi connectivity index (χ0) is 23.5. The van der Waals surface area contributed by atoms with Gasteiger partial charge in [0.15, 0.2) is 0 Å². The first-order chi connectivity index (χ1) is 16.6. The number of rotatable bonds is 5. The Kier molecular flexibility index (Phi) is 6.63. The lowest BCUT2D eigenvalue weighted by Crippen LogP contribution is -2.35. The van der Waals surface area contributed by atoms with Crippen LogP contribution in [0.4, 0.5) is 11.4 Å². The predicted molar refractivity (Wildman–Crippen MR) is 130 cm³/mol. The Bertz CT molecular complexity index is 1110. The molecule has 176 valence electrons. The normalized spacial score (nSPS) is 24.1. The second-order valence-electron chi connectivity index (χ2n) is 9.32. The monoisotopic (exact) mass is 458 g/mol. The van der Waals surface area contributed by atoms with Gasteiger partial charge < -0.3 is 20.5 Å². The highest BCUT2D eigenvalue weighted by atomic mass is 16.5. The van der Waals surface area contributed by atoms with Crippen LogP contribution in [0.15, 0.2) is 54.6 Å². The molecule has 3 N–H and O–H groups in total. The Morgan fingerprint density at radius 2 is 1.97 bits per heavy atom. The minimum Gasteiger partial charge on any atom is -0.381 e. The summed E-state index contributed by atoms with van der Waals surface area (Å²) < 4.78 is 5.36. The number of piperidine rings is 1. The Morgan fingerprint density at radius 3 is 2.74 bits per heavy atom. The Morgan fingerprint density at radius 1 is 1.15 bits per heavy atom. The van der Waals surface area contributed by atoms with E-state index in [1.165, 1.54) is 0 Å². The molecular formula is C27H30N4O3. The van der Waals surface area contributed by atoms with Gasteiger partial charge in [-0.3, -0.25) is 9.69 Å². The number of aliphatic hydroxyl groups excluding tert-OH is 1. The third-order valence-electron chi connectivity index (χ3n) is 7.23. The quantitative estimate of drug-likeness (QED) is 0.591. The van der Waals surface area contributed by atoms with Crippen molar-refractivity contribution in [3.63, 3.8) is 0 Å². The average molecular weight is 459 g/mol. The molecule has 2 saturated heterocycles. The molecule has 2 aromatic rings. The van der Waals surface area contributed by atoms with Crippen molar-refractivity contribution in [3.05, 3.63) is 71.3 Å². The molecule has 3 unspecified atom stereocenters. The highest BCUT2D eigenvalue weighted by molar-refractivity contribution is 6.00. The molecule has 0 bridgehead atoms. The number of aliphatic hydroxyl groups is 1. The van der Waals surface area contributed by atoms with Crippen LogP contribution in [0.5, 0.6) is 0 Å². The summed E-state index contributed by atoms with van der Waals surface area (Å²) in [5, 5.41) is 26.3. The van der Waals surface area contributed by atoms with Gasteiger partial charge in [0.2, 0.25) is 5.91 Å². The Labute approximate surface area is 200 Å². The molecule has 7 nitrogen and oxygen atoms in total. The smallest absolute Gasteiger partial charge is 0.248 e. The molecular weight excluding hydrogens is 428 g/mol. The largest absolute Gasteiger partial charge is 0.381 e. The Hall–Kier alpha value is -3.18. The molecule has 0 radical (unpaired) electrons. The van der Waals surface area contributed by atoms with Crippen molar-refractivity contribution in [1.29, 1.82) is 5.26 Å².